The van der Waals surface area contributed by atoms with Crippen molar-refractivity contribution >= 4 is 5.97 Å². The zero-order valence-electron chi connectivity index (χ0n) is 11.2. The van der Waals surface area contributed by atoms with Crippen LogP contribution in [0.4, 0.5) is 0 Å². The van der Waals surface area contributed by atoms with Crippen molar-refractivity contribution in [2.75, 3.05) is 39.3 Å². The van der Waals surface area contributed by atoms with E-state index in [9.17, 15) is 4.79 Å². The Balaban J connectivity index is 2.29. The average Bonchev–Trinajstić information content (AvgIpc) is 2.44. The van der Waals surface area contributed by atoms with Gasteiger partial charge in [-0.3, -0.25) is 9.69 Å². The second-order valence-electron chi connectivity index (χ2n) is 5.22. The van der Waals surface area contributed by atoms with Crippen LogP contribution in [0.1, 0.15) is 33.1 Å². The van der Waals surface area contributed by atoms with Gasteiger partial charge in [-0.1, -0.05) is 20.3 Å². The van der Waals surface area contributed by atoms with E-state index in [1.807, 2.05) is 4.90 Å². The highest BCUT2D eigenvalue weighted by Gasteiger charge is 2.17. The maximum Gasteiger partial charge on any atom is 0.317 e. The fourth-order valence-electron chi connectivity index (χ4n) is 2.58. The Kier molecular flexibility index (Phi) is 6.52. The summed E-state index contributed by atoms with van der Waals surface area (Å²) in [6, 6.07) is 0. The van der Waals surface area contributed by atoms with Crippen LogP contribution in [0, 0.1) is 5.92 Å². The minimum absolute atomic E-state index is 0.193. The third-order valence-electron chi connectivity index (χ3n) is 3.39. The first-order chi connectivity index (χ1) is 8.11. The smallest absolute Gasteiger partial charge is 0.317 e. The highest BCUT2D eigenvalue weighted by atomic mass is 16.4. The molecule has 0 aromatic rings. The molecule has 100 valence electrons. The van der Waals surface area contributed by atoms with Gasteiger partial charge in [0.15, 0.2) is 0 Å². The van der Waals surface area contributed by atoms with Crippen molar-refractivity contribution in [1.82, 2.24) is 9.80 Å². The monoisotopic (exact) mass is 242 g/mol. The third kappa shape index (κ3) is 6.03. The highest BCUT2D eigenvalue weighted by Crippen LogP contribution is 2.10. The molecule has 1 saturated heterocycles. The summed E-state index contributed by atoms with van der Waals surface area (Å²) in [5, 5.41) is 8.78. The lowest BCUT2D eigenvalue weighted by Gasteiger charge is -2.24. The molecule has 0 aromatic carbocycles. The van der Waals surface area contributed by atoms with Crippen LogP contribution in [-0.2, 0) is 4.79 Å². The van der Waals surface area contributed by atoms with E-state index in [2.05, 4.69) is 18.7 Å². The number of hydrogen-bond acceptors (Lipinski definition) is 3. The van der Waals surface area contributed by atoms with Gasteiger partial charge in [0.2, 0.25) is 0 Å². The minimum Gasteiger partial charge on any atom is -0.480 e. The van der Waals surface area contributed by atoms with Crippen molar-refractivity contribution in [3.8, 4) is 0 Å². The van der Waals surface area contributed by atoms with E-state index in [0.29, 0.717) is 0 Å². The molecule has 0 aromatic heterocycles. The summed E-state index contributed by atoms with van der Waals surface area (Å²) in [4.78, 5) is 15.2. The van der Waals surface area contributed by atoms with Gasteiger partial charge in [-0.25, -0.2) is 0 Å². The maximum absolute atomic E-state index is 10.7. The molecule has 1 unspecified atom stereocenters. The Labute approximate surface area is 105 Å². The van der Waals surface area contributed by atoms with Crippen molar-refractivity contribution in [2.45, 2.75) is 33.1 Å². The third-order valence-corrected chi connectivity index (χ3v) is 3.39. The molecular formula is C13H26N2O2. The molecule has 0 spiro atoms. The van der Waals surface area contributed by atoms with Gasteiger partial charge in [0, 0.05) is 26.2 Å². The van der Waals surface area contributed by atoms with Crippen LogP contribution in [0.2, 0.25) is 0 Å². The Bertz CT molecular complexity index is 233. The number of aliphatic carboxylic acids is 1. The number of hydrogen-bond donors (Lipinski definition) is 1. The van der Waals surface area contributed by atoms with Crippen LogP contribution in [0.15, 0.2) is 0 Å². The lowest BCUT2D eigenvalue weighted by atomic mass is 10.1. The van der Waals surface area contributed by atoms with Gasteiger partial charge >= 0.3 is 5.97 Å². The van der Waals surface area contributed by atoms with Gasteiger partial charge in [0.05, 0.1) is 6.54 Å². The van der Waals surface area contributed by atoms with Gasteiger partial charge in [-0.2, -0.15) is 0 Å². The standard InChI is InChI=1S/C13H26N2O2/c1-3-5-12(2)10-14-6-4-7-15(9-8-14)11-13(16)17/h12H,3-11H2,1-2H3,(H,16,17). The van der Waals surface area contributed by atoms with E-state index < -0.39 is 5.97 Å². The molecule has 0 saturated carbocycles. The van der Waals surface area contributed by atoms with E-state index >= 15 is 0 Å². The molecule has 1 aliphatic rings. The number of rotatable bonds is 6. The lowest BCUT2D eigenvalue weighted by Crippen LogP contribution is -2.35. The van der Waals surface area contributed by atoms with E-state index in [4.69, 9.17) is 5.11 Å². The molecule has 1 N–H and O–H groups in total. The highest BCUT2D eigenvalue weighted by molar-refractivity contribution is 5.69. The quantitative estimate of drug-likeness (QED) is 0.767. The van der Waals surface area contributed by atoms with E-state index in [0.717, 1.165) is 45.1 Å². The molecule has 17 heavy (non-hydrogen) atoms. The predicted octanol–water partition coefficient (Wildman–Crippen LogP) is 1.51. The SMILES string of the molecule is CCCC(C)CN1CCCN(CC(=O)O)CC1. The topological polar surface area (TPSA) is 43.8 Å². The largest absolute Gasteiger partial charge is 0.480 e. The minimum atomic E-state index is -0.710. The molecule has 4 nitrogen and oxygen atoms in total. The van der Waals surface area contributed by atoms with E-state index in [1.54, 1.807) is 0 Å². The molecule has 1 atom stereocenters. The molecule has 0 amide bonds. The van der Waals surface area contributed by atoms with Gasteiger partial charge < -0.3 is 10.0 Å². The van der Waals surface area contributed by atoms with Crippen LogP contribution < -0.4 is 0 Å². The molecule has 1 rings (SSSR count). The summed E-state index contributed by atoms with van der Waals surface area (Å²) in [6.45, 7) is 9.84. The van der Waals surface area contributed by atoms with Crippen LogP contribution in [-0.4, -0.2) is 60.1 Å². The summed E-state index contributed by atoms with van der Waals surface area (Å²) in [6.07, 6.45) is 3.63. The Hall–Kier alpha value is -0.610. The van der Waals surface area contributed by atoms with Gasteiger partial charge in [-0.05, 0) is 25.3 Å². The van der Waals surface area contributed by atoms with E-state index in [1.165, 1.54) is 12.8 Å². The number of nitrogens with zero attached hydrogens (tertiary/aromatic N) is 2. The van der Waals surface area contributed by atoms with Crippen LogP contribution >= 0.6 is 0 Å². The molecule has 4 heteroatoms. The zero-order valence-corrected chi connectivity index (χ0v) is 11.2. The second-order valence-corrected chi connectivity index (χ2v) is 5.22. The number of carboxylic acids is 1. The van der Waals surface area contributed by atoms with E-state index in [-0.39, 0.29) is 6.54 Å². The van der Waals surface area contributed by atoms with Crippen molar-refractivity contribution in [3.63, 3.8) is 0 Å². The Morgan fingerprint density at radius 2 is 1.88 bits per heavy atom. The van der Waals surface area contributed by atoms with Crippen molar-refractivity contribution in [3.05, 3.63) is 0 Å². The van der Waals surface area contributed by atoms with Gasteiger partial charge in [0.25, 0.3) is 0 Å². The Morgan fingerprint density at radius 1 is 1.24 bits per heavy atom. The van der Waals surface area contributed by atoms with Crippen LogP contribution in [0.25, 0.3) is 0 Å². The summed E-state index contributed by atoms with van der Waals surface area (Å²) in [5.41, 5.74) is 0. The first-order valence-electron chi connectivity index (χ1n) is 6.78. The second kappa shape index (κ2) is 7.67. The average molecular weight is 242 g/mol. The first-order valence-corrected chi connectivity index (χ1v) is 6.78. The molecule has 1 aliphatic heterocycles. The molecule has 1 fully saturated rings. The van der Waals surface area contributed by atoms with Gasteiger partial charge in [0.1, 0.15) is 0 Å². The molecule has 1 heterocycles. The lowest BCUT2D eigenvalue weighted by molar-refractivity contribution is -0.138. The fraction of sp³-hybridized carbons (Fsp3) is 0.923. The molecule has 0 radical (unpaired) electrons. The normalized spacial score (nSPS) is 21.1. The number of carbonyl (C=O) groups is 1. The zero-order chi connectivity index (χ0) is 12.7. The molecule has 0 aliphatic carbocycles. The van der Waals surface area contributed by atoms with Crippen molar-refractivity contribution in [2.24, 2.45) is 5.92 Å². The summed E-state index contributed by atoms with van der Waals surface area (Å²) in [5.74, 6) is 0.0452. The molecule has 0 bridgehead atoms. The maximum atomic E-state index is 10.7. The summed E-state index contributed by atoms with van der Waals surface area (Å²) in [7, 11) is 0. The van der Waals surface area contributed by atoms with Gasteiger partial charge in [-0.15, -0.1) is 0 Å². The number of carboxylic acid groups (broad SMARTS) is 1. The van der Waals surface area contributed by atoms with Crippen LogP contribution in [0.5, 0.6) is 0 Å². The van der Waals surface area contributed by atoms with Crippen LogP contribution in [0.3, 0.4) is 0 Å². The first kappa shape index (κ1) is 14.5. The summed E-state index contributed by atoms with van der Waals surface area (Å²) < 4.78 is 0. The predicted molar refractivity (Wildman–Crippen MR) is 69.2 cm³/mol. The fourth-order valence-corrected chi connectivity index (χ4v) is 2.58. The summed E-state index contributed by atoms with van der Waals surface area (Å²) >= 11 is 0. The van der Waals surface area contributed by atoms with Crippen molar-refractivity contribution < 1.29 is 9.90 Å². The van der Waals surface area contributed by atoms with Crippen molar-refractivity contribution in [1.29, 1.82) is 0 Å². The molecular weight excluding hydrogens is 216 g/mol. The Morgan fingerprint density at radius 3 is 2.53 bits per heavy atom.